The van der Waals surface area contributed by atoms with Gasteiger partial charge in [-0.3, -0.25) is 9.63 Å². The molecule has 0 atom stereocenters. The third-order valence-corrected chi connectivity index (χ3v) is 4.02. The minimum Gasteiger partial charge on any atom is -0.388 e. The molecule has 5 nitrogen and oxygen atoms in total. The molecule has 0 unspecified atom stereocenters. The number of benzene rings is 2. The molecular formula is C18H19F2IN2O3. The summed E-state index contributed by atoms with van der Waals surface area (Å²) in [7, 11) is 0. The highest BCUT2D eigenvalue weighted by Gasteiger charge is 2.19. The number of nitrogens with one attached hydrogen (secondary N) is 2. The van der Waals surface area contributed by atoms with E-state index in [2.05, 4.69) is 33.4 Å². The Morgan fingerprint density at radius 3 is 2.46 bits per heavy atom. The summed E-state index contributed by atoms with van der Waals surface area (Å²) in [5.74, 6) is -2.99. The molecule has 0 fully saturated rings. The Morgan fingerprint density at radius 1 is 1.19 bits per heavy atom. The van der Waals surface area contributed by atoms with E-state index >= 15 is 0 Å². The minimum absolute atomic E-state index is 0.0950. The second-order valence-corrected chi connectivity index (χ2v) is 7.67. The normalized spacial score (nSPS) is 11.3. The van der Waals surface area contributed by atoms with Crippen LogP contribution in [0, 0.1) is 22.1 Å². The largest absolute Gasteiger partial charge is 0.388 e. The fourth-order valence-corrected chi connectivity index (χ4v) is 2.73. The molecule has 0 heterocycles. The fraction of sp³-hybridized carbons (Fsp3) is 0.278. The van der Waals surface area contributed by atoms with Gasteiger partial charge >= 0.3 is 0 Å². The molecule has 0 aliphatic carbocycles. The van der Waals surface area contributed by atoms with Crippen LogP contribution in [-0.2, 0) is 4.84 Å². The van der Waals surface area contributed by atoms with Crippen molar-refractivity contribution in [1.29, 1.82) is 0 Å². The molecular weight excluding hydrogens is 457 g/mol. The van der Waals surface area contributed by atoms with E-state index in [4.69, 9.17) is 4.84 Å². The lowest BCUT2D eigenvalue weighted by Crippen LogP contribution is -2.33. The third kappa shape index (κ3) is 5.61. The van der Waals surface area contributed by atoms with Gasteiger partial charge in [0.15, 0.2) is 11.6 Å². The molecule has 0 radical (unpaired) electrons. The third-order valence-electron chi connectivity index (χ3n) is 3.35. The van der Waals surface area contributed by atoms with Crippen LogP contribution in [0.2, 0.25) is 0 Å². The van der Waals surface area contributed by atoms with Crippen LogP contribution in [0.5, 0.6) is 0 Å². The quantitative estimate of drug-likeness (QED) is 0.435. The number of anilines is 2. The van der Waals surface area contributed by atoms with Gasteiger partial charge in [0.1, 0.15) is 6.61 Å². The van der Waals surface area contributed by atoms with Crippen molar-refractivity contribution in [3.63, 3.8) is 0 Å². The second kappa shape index (κ2) is 8.28. The number of hydrogen-bond donors (Lipinski definition) is 3. The zero-order chi connectivity index (χ0) is 19.5. The minimum atomic E-state index is -1.15. The van der Waals surface area contributed by atoms with Gasteiger partial charge in [-0.1, -0.05) is 0 Å². The Balaban J connectivity index is 2.28. The average molecular weight is 476 g/mol. The molecule has 2 rings (SSSR count). The van der Waals surface area contributed by atoms with Crippen molar-refractivity contribution in [3.05, 3.63) is 56.7 Å². The van der Waals surface area contributed by atoms with E-state index in [-0.39, 0.29) is 17.9 Å². The number of rotatable bonds is 6. The van der Waals surface area contributed by atoms with Crippen LogP contribution in [0.3, 0.4) is 0 Å². The highest BCUT2D eigenvalue weighted by molar-refractivity contribution is 14.1. The van der Waals surface area contributed by atoms with Gasteiger partial charge in [-0.25, -0.2) is 14.3 Å². The summed E-state index contributed by atoms with van der Waals surface area (Å²) >= 11 is 2.16. The van der Waals surface area contributed by atoms with E-state index in [1.165, 1.54) is 13.8 Å². The van der Waals surface area contributed by atoms with Gasteiger partial charge < -0.3 is 10.4 Å². The Labute approximate surface area is 163 Å². The molecule has 0 bridgehead atoms. The summed E-state index contributed by atoms with van der Waals surface area (Å²) in [6.07, 6.45) is 0. The molecule has 8 heteroatoms. The number of halogens is 3. The van der Waals surface area contributed by atoms with Crippen LogP contribution in [0.15, 0.2) is 30.3 Å². The number of hydroxylamine groups is 1. The zero-order valence-corrected chi connectivity index (χ0v) is 16.6. The van der Waals surface area contributed by atoms with Gasteiger partial charge in [-0.15, -0.1) is 0 Å². The highest BCUT2D eigenvalue weighted by atomic mass is 127. The second-order valence-electron chi connectivity index (χ2n) is 6.43. The number of hydrogen-bond acceptors (Lipinski definition) is 4. The summed E-state index contributed by atoms with van der Waals surface area (Å²) < 4.78 is 28.3. The van der Waals surface area contributed by atoms with E-state index in [9.17, 15) is 18.7 Å². The van der Waals surface area contributed by atoms with Crippen molar-refractivity contribution in [1.82, 2.24) is 5.48 Å². The van der Waals surface area contributed by atoms with Gasteiger partial charge in [-0.2, -0.15) is 0 Å². The standard InChI is InChI=1S/C18H19F2IN2O3/c1-10-6-11(21)4-5-15(10)22-16-8-14(20)13(19)7-12(16)17(24)23-26-9-18(2,3)25/h4-8,22,25H,9H2,1-3H3,(H,23,24). The molecule has 26 heavy (non-hydrogen) atoms. The Bertz CT molecular complexity index is 823. The predicted octanol–water partition coefficient (Wildman–Crippen LogP) is 4.05. The summed E-state index contributed by atoms with van der Waals surface area (Å²) in [6, 6.07) is 7.25. The number of amides is 1. The monoisotopic (exact) mass is 476 g/mol. The molecule has 1 amide bonds. The predicted molar refractivity (Wildman–Crippen MR) is 103 cm³/mol. The number of aliphatic hydroxyl groups is 1. The smallest absolute Gasteiger partial charge is 0.277 e. The zero-order valence-electron chi connectivity index (χ0n) is 14.5. The Kier molecular flexibility index (Phi) is 6.53. The fourth-order valence-electron chi connectivity index (χ4n) is 2.08. The lowest BCUT2D eigenvalue weighted by molar-refractivity contribution is -0.0522. The van der Waals surface area contributed by atoms with Crippen LogP contribution in [0.25, 0.3) is 0 Å². The number of aryl methyl sites for hydroxylation is 1. The Hall–Kier alpha value is -1.78. The maximum Gasteiger partial charge on any atom is 0.277 e. The lowest BCUT2D eigenvalue weighted by Gasteiger charge is -2.18. The first-order chi connectivity index (χ1) is 12.1. The van der Waals surface area contributed by atoms with Crippen molar-refractivity contribution < 1.29 is 23.5 Å². The van der Waals surface area contributed by atoms with Crippen molar-refractivity contribution in [2.24, 2.45) is 0 Å². The van der Waals surface area contributed by atoms with E-state index in [0.717, 1.165) is 21.3 Å². The van der Waals surface area contributed by atoms with Crippen LogP contribution in [-0.4, -0.2) is 23.2 Å². The number of carbonyl (C=O) groups is 1. The number of carbonyl (C=O) groups excluding carboxylic acids is 1. The molecule has 140 valence electrons. The first-order valence-corrected chi connectivity index (χ1v) is 8.81. The summed E-state index contributed by atoms with van der Waals surface area (Å²) in [6.45, 7) is 4.70. The van der Waals surface area contributed by atoms with E-state index in [1.807, 2.05) is 19.1 Å². The molecule has 0 aliphatic heterocycles. The summed E-state index contributed by atoms with van der Waals surface area (Å²) in [4.78, 5) is 17.2. The van der Waals surface area contributed by atoms with Crippen molar-refractivity contribution >= 4 is 39.9 Å². The van der Waals surface area contributed by atoms with E-state index < -0.39 is 23.1 Å². The average Bonchev–Trinajstić information content (AvgIpc) is 2.51. The molecule has 2 aromatic carbocycles. The highest BCUT2D eigenvalue weighted by Crippen LogP contribution is 2.27. The van der Waals surface area contributed by atoms with Gasteiger partial charge in [-0.05, 0) is 73.2 Å². The van der Waals surface area contributed by atoms with Crippen molar-refractivity contribution in [2.45, 2.75) is 26.4 Å². The summed E-state index contributed by atoms with van der Waals surface area (Å²) in [5.41, 5.74) is 2.47. The van der Waals surface area contributed by atoms with Gasteiger partial charge in [0.2, 0.25) is 0 Å². The SMILES string of the molecule is Cc1cc(I)ccc1Nc1cc(F)c(F)cc1C(=O)NOCC(C)(C)O. The van der Waals surface area contributed by atoms with Crippen LogP contribution >= 0.6 is 22.6 Å². The molecule has 0 saturated heterocycles. The van der Waals surface area contributed by atoms with Gasteiger partial charge in [0.05, 0.1) is 16.9 Å². The molecule has 2 aromatic rings. The molecule has 0 saturated carbocycles. The first kappa shape index (κ1) is 20.5. The summed E-state index contributed by atoms with van der Waals surface area (Å²) in [5, 5.41) is 12.5. The van der Waals surface area contributed by atoms with Crippen molar-refractivity contribution in [3.8, 4) is 0 Å². The first-order valence-electron chi connectivity index (χ1n) is 7.73. The molecule has 0 aromatic heterocycles. The van der Waals surface area contributed by atoms with E-state index in [1.54, 1.807) is 6.07 Å². The van der Waals surface area contributed by atoms with Gasteiger partial charge in [0, 0.05) is 15.3 Å². The molecule has 3 N–H and O–H groups in total. The Morgan fingerprint density at radius 2 is 1.85 bits per heavy atom. The van der Waals surface area contributed by atoms with Crippen LogP contribution in [0.4, 0.5) is 20.2 Å². The maximum absolute atomic E-state index is 13.7. The van der Waals surface area contributed by atoms with Crippen molar-refractivity contribution in [2.75, 3.05) is 11.9 Å². The molecule has 0 spiro atoms. The topological polar surface area (TPSA) is 70.6 Å². The van der Waals surface area contributed by atoms with Gasteiger partial charge in [0.25, 0.3) is 5.91 Å². The van der Waals surface area contributed by atoms with E-state index in [0.29, 0.717) is 5.69 Å². The molecule has 0 aliphatic rings. The lowest BCUT2D eigenvalue weighted by atomic mass is 10.1. The van der Waals surface area contributed by atoms with Crippen LogP contribution < -0.4 is 10.8 Å². The maximum atomic E-state index is 13.7. The van der Waals surface area contributed by atoms with Crippen LogP contribution in [0.1, 0.15) is 29.8 Å².